The lowest BCUT2D eigenvalue weighted by molar-refractivity contribution is 0.0598. The van der Waals surface area contributed by atoms with E-state index in [4.69, 9.17) is 16.3 Å². The zero-order valence-corrected chi connectivity index (χ0v) is 15.9. The van der Waals surface area contributed by atoms with Crippen LogP contribution in [0.2, 0.25) is 0 Å². The highest BCUT2D eigenvalue weighted by Gasteiger charge is 2.45. The van der Waals surface area contributed by atoms with Gasteiger partial charge in [0.2, 0.25) is 0 Å². The number of aryl methyl sites for hydroxylation is 1. The van der Waals surface area contributed by atoms with Gasteiger partial charge in [-0.25, -0.2) is 20.1 Å². The normalized spacial score (nSPS) is 18.6. The number of hydrogen-bond donors (Lipinski definition) is 3. The molecule has 1 aliphatic rings. The summed E-state index contributed by atoms with van der Waals surface area (Å²) in [7, 11) is 2.98. The molecule has 0 saturated heterocycles. The second kappa shape index (κ2) is 7.35. The summed E-state index contributed by atoms with van der Waals surface area (Å²) in [6.45, 7) is 1.73. The summed E-state index contributed by atoms with van der Waals surface area (Å²) < 4.78 is 6.47. The minimum absolute atomic E-state index is 0.00856. The van der Waals surface area contributed by atoms with Gasteiger partial charge in [-0.05, 0) is 31.0 Å². The number of carbonyl (C=O) groups is 2. The van der Waals surface area contributed by atoms with Gasteiger partial charge < -0.3 is 20.6 Å². The van der Waals surface area contributed by atoms with Crippen molar-refractivity contribution in [2.75, 3.05) is 14.2 Å². The first-order chi connectivity index (χ1) is 13.2. The highest BCUT2D eigenvalue weighted by Crippen LogP contribution is 2.51. The van der Waals surface area contributed by atoms with Crippen molar-refractivity contribution < 1.29 is 19.4 Å². The summed E-state index contributed by atoms with van der Waals surface area (Å²) in [6.07, 6.45) is 3.80. The van der Waals surface area contributed by atoms with E-state index in [9.17, 15) is 14.7 Å². The van der Waals surface area contributed by atoms with Gasteiger partial charge in [-0.2, -0.15) is 5.10 Å². The zero-order valence-electron chi connectivity index (χ0n) is 15.9. The molecule has 148 valence electrons. The summed E-state index contributed by atoms with van der Waals surface area (Å²) in [4.78, 5) is 23.7. The van der Waals surface area contributed by atoms with Crippen LogP contribution in [0.3, 0.4) is 0 Å². The summed E-state index contributed by atoms with van der Waals surface area (Å²) in [5.41, 5.74) is 9.08. The van der Waals surface area contributed by atoms with Gasteiger partial charge in [0.25, 0.3) is 0 Å². The van der Waals surface area contributed by atoms with E-state index in [1.54, 1.807) is 43.1 Å². The van der Waals surface area contributed by atoms with Crippen LogP contribution in [0, 0.1) is 12.8 Å². The van der Waals surface area contributed by atoms with Gasteiger partial charge in [-0.1, -0.05) is 6.07 Å². The van der Waals surface area contributed by atoms with Gasteiger partial charge in [0.05, 0.1) is 30.3 Å². The van der Waals surface area contributed by atoms with Crippen LogP contribution in [-0.4, -0.2) is 46.0 Å². The molecule has 1 fully saturated rings. The van der Waals surface area contributed by atoms with E-state index in [1.807, 2.05) is 0 Å². The Kier molecular flexibility index (Phi) is 5.10. The van der Waals surface area contributed by atoms with E-state index in [2.05, 4.69) is 5.10 Å². The third-order valence-electron chi connectivity index (χ3n) is 4.83. The molecule has 1 aromatic heterocycles. The first-order valence-electron chi connectivity index (χ1n) is 8.69. The lowest BCUT2D eigenvalue weighted by Crippen LogP contribution is -2.21. The number of carbonyl (C=O) groups excluding carboxylic acids is 1. The van der Waals surface area contributed by atoms with E-state index in [0.717, 1.165) is 6.42 Å². The quantitative estimate of drug-likeness (QED) is 0.385. The third-order valence-corrected chi connectivity index (χ3v) is 4.83. The number of nitrogens with two attached hydrogens (primary N) is 2. The van der Waals surface area contributed by atoms with E-state index >= 15 is 0 Å². The average Bonchev–Trinajstić information content (AvgIpc) is 3.31. The molecule has 1 unspecified atom stereocenters. The summed E-state index contributed by atoms with van der Waals surface area (Å²) in [6, 6.07) is 5.02. The van der Waals surface area contributed by atoms with Crippen LogP contribution in [0.4, 0.5) is 0 Å². The second-order valence-electron chi connectivity index (χ2n) is 6.89. The van der Waals surface area contributed by atoms with Crippen LogP contribution in [-0.2, 0) is 4.74 Å². The largest absolute Gasteiger partial charge is 0.478 e. The van der Waals surface area contributed by atoms with E-state index in [0.29, 0.717) is 28.2 Å². The molecular weight excluding hydrogens is 362 g/mol. The van der Waals surface area contributed by atoms with E-state index in [-0.39, 0.29) is 17.4 Å². The van der Waals surface area contributed by atoms with Crippen LogP contribution in [0.15, 0.2) is 36.3 Å². The van der Waals surface area contributed by atoms with Crippen molar-refractivity contribution in [2.45, 2.75) is 19.3 Å². The first kappa shape index (κ1) is 19.4. The number of allylic oxidation sites excluding steroid dienone is 1. The minimum Gasteiger partial charge on any atom is -0.478 e. The summed E-state index contributed by atoms with van der Waals surface area (Å²) >= 11 is 0. The highest BCUT2D eigenvalue weighted by atomic mass is 16.5. The first-order valence-corrected chi connectivity index (χ1v) is 8.69. The maximum Gasteiger partial charge on any atom is 0.341 e. The molecular formula is C19H23N5O4. The predicted molar refractivity (Wildman–Crippen MR) is 102 cm³/mol. The standard InChI is InChI=1S/C19H23N5O4/c1-10-4-5-11(6-12(10)18(25)26)24-17(15(8-22-24)19(27)28-3)14-7-13(14)16(20)9-23(2)21/h4-6,8-9,13-14H,7,20-21H2,1-3H3,(H,25,26)/b16-9-/t13?,14-/m1/s1. The Morgan fingerprint density at radius 2 is 2.11 bits per heavy atom. The van der Waals surface area contributed by atoms with Crippen LogP contribution < -0.4 is 11.6 Å². The lowest BCUT2D eigenvalue weighted by Gasteiger charge is -2.12. The van der Waals surface area contributed by atoms with Crippen molar-refractivity contribution in [2.24, 2.45) is 17.5 Å². The third kappa shape index (κ3) is 3.56. The molecule has 1 heterocycles. The molecule has 0 aliphatic heterocycles. The van der Waals surface area contributed by atoms with E-state index in [1.165, 1.54) is 18.3 Å². The van der Waals surface area contributed by atoms with Crippen molar-refractivity contribution in [1.82, 2.24) is 14.8 Å². The number of hydrazine groups is 1. The van der Waals surface area contributed by atoms with Crippen molar-refractivity contribution in [3.8, 4) is 5.69 Å². The number of benzene rings is 1. The molecule has 1 aliphatic carbocycles. The zero-order chi connectivity index (χ0) is 20.6. The van der Waals surface area contributed by atoms with Gasteiger partial charge in [0.15, 0.2) is 0 Å². The molecule has 0 bridgehead atoms. The van der Waals surface area contributed by atoms with Crippen molar-refractivity contribution in [3.05, 3.63) is 58.7 Å². The molecule has 3 rings (SSSR count). The van der Waals surface area contributed by atoms with Crippen LogP contribution in [0.25, 0.3) is 5.69 Å². The highest BCUT2D eigenvalue weighted by molar-refractivity contribution is 5.91. The predicted octanol–water partition coefficient (Wildman–Crippen LogP) is 1.37. The molecule has 28 heavy (non-hydrogen) atoms. The van der Waals surface area contributed by atoms with Crippen LogP contribution >= 0.6 is 0 Å². The van der Waals surface area contributed by atoms with Crippen molar-refractivity contribution >= 4 is 11.9 Å². The molecule has 5 N–H and O–H groups in total. The topological polar surface area (TPSA) is 137 Å². The average molecular weight is 385 g/mol. The fourth-order valence-electron chi connectivity index (χ4n) is 3.36. The minimum atomic E-state index is -1.02. The van der Waals surface area contributed by atoms with Crippen molar-refractivity contribution in [1.29, 1.82) is 0 Å². The molecule has 0 spiro atoms. The Balaban J connectivity index is 2.07. The smallest absolute Gasteiger partial charge is 0.341 e. The Labute approximate surface area is 162 Å². The molecule has 1 saturated carbocycles. The number of nitrogens with zero attached hydrogens (tertiary/aromatic N) is 3. The summed E-state index contributed by atoms with van der Waals surface area (Å²) in [5, 5.41) is 15.1. The number of aromatic nitrogens is 2. The SMILES string of the molecule is COC(=O)c1cnn(-c2ccc(C)c(C(=O)O)c2)c1[C@@H]1CC1/C(N)=C/N(C)N. The maximum atomic E-state index is 12.3. The maximum absolute atomic E-state index is 12.3. The van der Waals surface area contributed by atoms with Gasteiger partial charge in [-0.15, -0.1) is 0 Å². The Hall–Kier alpha value is -3.33. The number of aromatic carboxylic acids is 1. The number of rotatable bonds is 6. The number of carboxylic acid groups (broad SMARTS) is 1. The van der Waals surface area contributed by atoms with Crippen molar-refractivity contribution in [3.63, 3.8) is 0 Å². The van der Waals surface area contributed by atoms with Crippen LogP contribution in [0.5, 0.6) is 0 Å². The van der Waals surface area contributed by atoms with Gasteiger partial charge in [-0.3, -0.25) is 0 Å². The molecule has 1 aromatic carbocycles. The molecule has 9 nitrogen and oxygen atoms in total. The molecule has 2 aromatic rings. The monoisotopic (exact) mass is 385 g/mol. The molecule has 2 atom stereocenters. The fourth-order valence-corrected chi connectivity index (χ4v) is 3.36. The van der Waals surface area contributed by atoms with E-state index < -0.39 is 11.9 Å². The molecule has 0 amide bonds. The number of ether oxygens (including phenoxy) is 1. The second-order valence-corrected chi connectivity index (χ2v) is 6.89. The summed E-state index contributed by atoms with van der Waals surface area (Å²) in [5.74, 6) is 4.06. The number of methoxy groups -OCH3 is 1. The number of hydrogen-bond acceptors (Lipinski definition) is 7. The lowest BCUT2D eigenvalue weighted by atomic mass is 10.1. The van der Waals surface area contributed by atoms with Gasteiger partial charge >= 0.3 is 11.9 Å². The number of carboxylic acids is 1. The Bertz CT molecular complexity index is 963. The Morgan fingerprint density at radius 3 is 2.71 bits per heavy atom. The van der Waals surface area contributed by atoms with Gasteiger partial charge in [0, 0.05) is 30.8 Å². The fraction of sp³-hybridized carbons (Fsp3) is 0.316. The number of esters is 1. The van der Waals surface area contributed by atoms with Crippen LogP contribution in [0.1, 0.15) is 44.3 Å². The molecule has 0 radical (unpaired) electrons. The molecule has 9 heteroatoms. The van der Waals surface area contributed by atoms with Gasteiger partial charge in [0.1, 0.15) is 5.56 Å². The Morgan fingerprint density at radius 1 is 1.39 bits per heavy atom.